The number of hydrogen-bond donors (Lipinski definition) is 1. The normalized spacial score (nSPS) is 17.1. The third-order valence-corrected chi connectivity index (χ3v) is 7.49. The number of H-pyrrole nitrogens is 1. The van der Waals surface area contributed by atoms with Gasteiger partial charge in [0.2, 0.25) is 5.91 Å². The molecule has 180 valence electrons. The predicted octanol–water partition coefficient (Wildman–Crippen LogP) is 3.36. The topological polar surface area (TPSA) is 85.7 Å². The monoisotopic (exact) mass is 480 g/mol. The molecular weight excluding hydrogens is 448 g/mol. The molecule has 9 nitrogen and oxygen atoms in total. The van der Waals surface area contributed by atoms with Crippen molar-refractivity contribution < 1.29 is 4.79 Å². The zero-order valence-electron chi connectivity index (χ0n) is 20.7. The van der Waals surface area contributed by atoms with Crippen LogP contribution in [0.25, 0.3) is 27.3 Å². The van der Waals surface area contributed by atoms with Crippen LogP contribution >= 0.6 is 11.3 Å². The van der Waals surface area contributed by atoms with Crippen molar-refractivity contribution in [1.82, 2.24) is 34.4 Å². The van der Waals surface area contributed by atoms with Gasteiger partial charge in [-0.2, -0.15) is 5.10 Å². The van der Waals surface area contributed by atoms with E-state index in [4.69, 9.17) is 4.98 Å². The van der Waals surface area contributed by atoms with Crippen molar-refractivity contribution in [2.75, 3.05) is 45.2 Å². The Balaban J connectivity index is 1.46. The van der Waals surface area contributed by atoms with E-state index in [1.165, 1.54) is 5.56 Å². The summed E-state index contributed by atoms with van der Waals surface area (Å²) in [5, 5.41) is 5.36. The third-order valence-electron chi connectivity index (χ3n) is 6.48. The molecule has 1 fully saturated rings. The average Bonchev–Trinajstić information content (AvgIpc) is 3.46. The van der Waals surface area contributed by atoms with Gasteiger partial charge in [-0.05, 0) is 45.5 Å². The minimum atomic E-state index is 0.189. The molecule has 0 saturated carbocycles. The lowest BCUT2D eigenvalue weighted by atomic mass is 9.99. The number of thiazole rings is 1. The molecule has 10 heteroatoms. The molecule has 34 heavy (non-hydrogen) atoms. The summed E-state index contributed by atoms with van der Waals surface area (Å²) in [5.41, 5.74) is 6.42. The van der Waals surface area contributed by atoms with Crippen LogP contribution in [0.15, 0.2) is 18.6 Å². The zero-order chi connectivity index (χ0) is 24.1. The quantitative estimate of drug-likeness (QED) is 0.471. The van der Waals surface area contributed by atoms with Crippen LogP contribution < -0.4 is 4.90 Å². The van der Waals surface area contributed by atoms with E-state index >= 15 is 0 Å². The van der Waals surface area contributed by atoms with E-state index in [0.29, 0.717) is 12.5 Å². The third kappa shape index (κ3) is 3.94. The number of carbonyl (C=O) groups is 1. The van der Waals surface area contributed by atoms with Gasteiger partial charge in [0.05, 0.1) is 12.2 Å². The van der Waals surface area contributed by atoms with Crippen LogP contribution in [0.3, 0.4) is 0 Å². The first-order chi connectivity index (χ1) is 16.2. The molecule has 1 aliphatic rings. The van der Waals surface area contributed by atoms with Gasteiger partial charge in [-0.25, -0.2) is 14.5 Å². The molecule has 4 aromatic rings. The number of carbonyl (C=O) groups excluding carboxylic acids is 1. The molecule has 0 spiro atoms. The standard InChI is InChI=1S/C24H32N8OS/c1-14(2)19-20(17-9-15(3)22-25-13-26-32(22)11-17)27-23-21(19)28-24(34-23)31-8-7-30(10-16(31)4)18(33)12-29(5)6/h9,11,13-14,16,27H,7-8,10,12H2,1-6H3/t16-/m1/s1. The smallest absolute Gasteiger partial charge is 0.236 e. The number of anilines is 1. The molecule has 0 aromatic carbocycles. The molecule has 1 amide bonds. The first-order valence-corrected chi connectivity index (χ1v) is 12.6. The van der Waals surface area contributed by atoms with Gasteiger partial charge in [0.15, 0.2) is 10.8 Å². The van der Waals surface area contributed by atoms with Crippen LogP contribution in [0.2, 0.25) is 0 Å². The highest BCUT2D eigenvalue weighted by atomic mass is 32.1. The summed E-state index contributed by atoms with van der Waals surface area (Å²) in [5.74, 6) is 0.498. The lowest BCUT2D eigenvalue weighted by Gasteiger charge is -2.40. The van der Waals surface area contributed by atoms with Crippen LogP contribution in [-0.4, -0.2) is 86.6 Å². The summed E-state index contributed by atoms with van der Waals surface area (Å²) in [6.07, 6.45) is 3.62. The number of aromatic nitrogens is 5. The number of pyridine rings is 1. The van der Waals surface area contributed by atoms with E-state index < -0.39 is 0 Å². The molecule has 0 radical (unpaired) electrons. The Hall–Kier alpha value is -2.98. The second kappa shape index (κ2) is 8.66. The van der Waals surface area contributed by atoms with E-state index in [2.05, 4.69) is 53.7 Å². The van der Waals surface area contributed by atoms with Gasteiger partial charge in [0, 0.05) is 43.0 Å². The molecule has 1 N–H and O–H groups in total. The summed E-state index contributed by atoms with van der Waals surface area (Å²) in [4.78, 5) is 33.0. The summed E-state index contributed by atoms with van der Waals surface area (Å²) in [6.45, 7) is 11.4. The van der Waals surface area contributed by atoms with Gasteiger partial charge in [-0.15, -0.1) is 0 Å². The minimum absolute atomic E-state index is 0.189. The zero-order valence-corrected chi connectivity index (χ0v) is 21.5. The Labute approximate surface area is 203 Å². The van der Waals surface area contributed by atoms with Crippen LogP contribution in [0.1, 0.15) is 37.8 Å². The van der Waals surface area contributed by atoms with Crippen molar-refractivity contribution in [2.45, 2.75) is 39.7 Å². The highest BCUT2D eigenvalue weighted by molar-refractivity contribution is 7.21. The summed E-state index contributed by atoms with van der Waals surface area (Å²) < 4.78 is 1.83. The Morgan fingerprint density at radius 2 is 2.12 bits per heavy atom. The number of aromatic amines is 1. The second-order valence-corrected chi connectivity index (χ2v) is 10.8. The van der Waals surface area contributed by atoms with Crippen LogP contribution in [0.5, 0.6) is 0 Å². The number of likely N-dealkylation sites (N-methyl/N-ethyl adjacent to an activating group) is 1. The Morgan fingerprint density at radius 3 is 2.82 bits per heavy atom. The number of hydrogen-bond acceptors (Lipinski definition) is 7. The summed E-state index contributed by atoms with van der Waals surface area (Å²) in [6, 6.07) is 2.38. The predicted molar refractivity (Wildman–Crippen MR) is 137 cm³/mol. The Bertz CT molecular complexity index is 1350. The fourth-order valence-electron chi connectivity index (χ4n) is 4.86. The largest absolute Gasteiger partial charge is 0.345 e. The molecular formula is C24H32N8OS. The molecule has 0 aliphatic carbocycles. The van der Waals surface area contributed by atoms with Crippen molar-refractivity contribution in [2.24, 2.45) is 0 Å². The van der Waals surface area contributed by atoms with Crippen molar-refractivity contribution >= 4 is 38.4 Å². The highest BCUT2D eigenvalue weighted by Gasteiger charge is 2.30. The number of nitrogens with one attached hydrogen (secondary N) is 1. The number of aryl methyl sites for hydroxylation is 1. The van der Waals surface area contributed by atoms with E-state index in [0.717, 1.165) is 57.6 Å². The Morgan fingerprint density at radius 1 is 1.32 bits per heavy atom. The first kappa shape index (κ1) is 22.8. The lowest BCUT2D eigenvalue weighted by Crippen LogP contribution is -2.55. The first-order valence-electron chi connectivity index (χ1n) is 11.7. The number of piperazine rings is 1. The Kier molecular flexibility index (Phi) is 5.81. The SMILES string of the molecule is Cc1cc(-c2[nH]c3sc(N4CCN(C(=O)CN(C)C)C[C@H]4C)nc3c2C(C)C)cn2ncnc12. The number of fused-ring (bicyclic) bond motifs is 2. The van der Waals surface area contributed by atoms with Gasteiger partial charge < -0.3 is 19.7 Å². The number of rotatable bonds is 5. The molecule has 1 atom stereocenters. The van der Waals surface area contributed by atoms with Gasteiger partial charge in [0.1, 0.15) is 16.7 Å². The van der Waals surface area contributed by atoms with Gasteiger partial charge in [-0.3, -0.25) is 4.79 Å². The van der Waals surface area contributed by atoms with Crippen molar-refractivity contribution in [3.8, 4) is 11.3 Å². The fourth-order valence-corrected chi connectivity index (χ4v) is 5.97. The van der Waals surface area contributed by atoms with Crippen molar-refractivity contribution in [3.63, 3.8) is 0 Å². The van der Waals surface area contributed by atoms with Crippen molar-refractivity contribution in [3.05, 3.63) is 29.7 Å². The summed E-state index contributed by atoms with van der Waals surface area (Å²) >= 11 is 1.70. The molecule has 4 aromatic heterocycles. The maximum atomic E-state index is 12.5. The lowest BCUT2D eigenvalue weighted by molar-refractivity contribution is -0.132. The van der Waals surface area contributed by atoms with Crippen LogP contribution in [0.4, 0.5) is 5.13 Å². The molecule has 0 bridgehead atoms. The maximum Gasteiger partial charge on any atom is 0.236 e. The molecule has 5 rings (SSSR count). The van der Waals surface area contributed by atoms with E-state index in [1.807, 2.05) is 34.6 Å². The maximum absolute atomic E-state index is 12.5. The molecule has 1 aliphatic heterocycles. The molecule has 0 unspecified atom stereocenters. The second-order valence-electron chi connectivity index (χ2n) is 9.80. The number of amides is 1. The summed E-state index contributed by atoms with van der Waals surface area (Å²) in [7, 11) is 3.86. The van der Waals surface area contributed by atoms with Gasteiger partial charge in [0.25, 0.3) is 0 Å². The molecule has 1 saturated heterocycles. The van der Waals surface area contributed by atoms with E-state index in [9.17, 15) is 4.79 Å². The van der Waals surface area contributed by atoms with Crippen LogP contribution in [0, 0.1) is 6.92 Å². The highest BCUT2D eigenvalue weighted by Crippen LogP contribution is 2.40. The van der Waals surface area contributed by atoms with Gasteiger partial charge in [-0.1, -0.05) is 25.2 Å². The van der Waals surface area contributed by atoms with E-state index in [1.54, 1.807) is 17.7 Å². The minimum Gasteiger partial charge on any atom is -0.345 e. The number of nitrogens with zero attached hydrogens (tertiary/aromatic N) is 7. The average molecular weight is 481 g/mol. The van der Waals surface area contributed by atoms with Gasteiger partial charge >= 0.3 is 0 Å². The van der Waals surface area contributed by atoms with E-state index in [-0.39, 0.29) is 11.9 Å². The van der Waals surface area contributed by atoms with Crippen LogP contribution in [-0.2, 0) is 4.79 Å². The fraction of sp³-hybridized carbons (Fsp3) is 0.500. The molecule has 5 heterocycles. The van der Waals surface area contributed by atoms with Crippen molar-refractivity contribution in [1.29, 1.82) is 0 Å².